The quantitative estimate of drug-likeness (QED) is 0.425. The second-order valence-corrected chi connectivity index (χ2v) is 15.1. The van der Waals surface area contributed by atoms with Crippen LogP contribution in [0.3, 0.4) is 0 Å². The Morgan fingerprint density at radius 3 is 2.30 bits per heavy atom. The summed E-state index contributed by atoms with van der Waals surface area (Å²) < 4.78 is 11.6. The molecule has 1 unspecified atom stereocenters. The Kier molecular flexibility index (Phi) is 8.54. The third kappa shape index (κ3) is 8.34. The number of rotatable bonds is 7. The van der Waals surface area contributed by atoms with Gasteiger partial charge in [0.1, 0.15) is 11.4 Å². The van der Waals surface area contributed by atoms with Gasteiger partial charge in [0.25, 0.3) is 0 Å². The van der Waals surface area contributed by atoms with Crippen LogP contribution >= 0.6 is 0 Å². The normalized spacial score (nSPS) is 19.3. The highest BCUT2D eigenvalue weighted by molar-refractivity contribution is 6.74. The van der Waals surface area contributed by atoms with Gasteiger partial charge in [-0.15, -0.1) is 0 Å². The summed E-state index contributed by atoms with van der Waals surface area (Å²) in [5.74, 6) is 0.236. The van der Waals surface area contributed by atoms with Gasteiger partial charge in [0, 0.05) is 32.0 Å². The molecule has 1 heterocycles. The number of amides is 1. The molecule has 1 saturated heterocycles. The molecule has 0 aromatic rings. The smallest absolute Gasteiger partial charge is 0.410 e. The largest absolute Gasteiger partial charge is 0.444 e. The first-order valence-corrected chi connectivity index (χ1v) is 13.3. The van der Waals surface area contributed by atoms with Crippen molar-refractivity contribution in [2.24, 2.45) is 5.92 Å². The highest BCUT2D eigenvalue weighted by Crippen LogP contribution is 2.36. The Labute approximate surface area is 167 Å². The second kappa shape index (κ2) is 9.55. The summed E-state index contributed by atoms with van der Waals surface area (Å²) in [6, 6.07) is 0. The van der Waals surface area contributed by atoms with Crippen molar-refractivity contribution in [3.8, 4) is 0 Å². The minimum absolute atomic E-state index is 0.0485. The van der Waals surface area contributed by atoms with Crippen LogP contribution in [-0.4, -0.2) is 50.4 Å². The lowest BCUT2D eigenvalue weighted by atomic mass is 9.91. The van der Waals surface area contributed by atoms with E-state index in [4.69, 9.17) is 9.16 Å². The van der Waals surface area contributed by atoms with E-state index in [9.17, 15) is 9.59 Å². The van der Waals surface area contributed by atoms with Gasteiger partial charge in [0.2, 0.25) is 0 Å². The van der Waals surface area contributed by atoms with Crippen molar-refractivity contribution in [3.05, 3.63) is 0 Å². The van der Waals surface area contributed by atoms with E-state index in [1.807, 2.05) is 20.8 Å². The van der Waals surface area contributed by atoms with Gasteiger partial charge in [-0.1, -0.05) is 33.6 Å². The van der Waals surface area contributed by atoms with Crippen LogP contribution in [0.15, 0.2) is 0 Å². The van der Waals surface area contributed by atoms with Crippen LogP contribution in [0.1, 0.15) is 73.6 Å². The molecule has 158 valence electrons. The SMILES string of the molecule is CC(C)(C)OC(=O)N1CCC(=O)C(CCCCCO[Si](C)(C)C(C)(C)C)C1. The van der Waals surface area contributed by atoms with Gasteiger partial charge in [-0.2, -0.15) is 0 Å². The van der Waals surface area contributed by atoms with Gasteiger partial charge in [-0.25, -0.2) is 4.79 Å². The van der Waals surface area contributed by atoms with E-state index in [0.29, 0.717) is 19.5 Å². The zero-order valence-corrected chi connectivity index (χ0v) is 19.8. The molecule has 27 heavy (non-hydrogen) atoms. The monoisotopic (exact) mass is 399 g/mol. The van der Waals surface area contributed by atoms with E-state index in [1.165, 1.54) is 0 Å². The summed E-state index contributed by atoms with van der Waals surface area (Å²) in [7, 11) is -1.66. The number of ketones is 1. The molecule has 1 aliphatic heterocycles. The molecule has 1 fully saturated rings. The van der Waals surface area contributed by atoms with Crippen LogP contribution in [0.25, 0.3) is 0 Å². The van der Waals surface area contributed by atoms with Gasteiger partial charge in [0.05, 0.1) is 0 Å². The van der Waals surface area contributed by atoms with Crippen LogP contribution in [-0.2, 0) is 14.0 Å². The van der Waals surface area contributed by atoms with Crippen molar-refractivity contribution in [2.45, 2.75) is 97.4 Å². The maximum Gasteiger partial charge on any atom is 0.410 e. The zero-order valence-electron chi connectivity index (χ0n) is 18.8. The summed E-state index contributed by atoms with van der Waals surface area (Å²) >= 11 is 0. The predicted octanol–water partition coefficient (Wildman–Crippen LogP) is 5.39. The average molecular weight is 400 g/mol. The molecular weight excluding hydrogens is 358 g/mol. The van der Waals surface area contributed by atoms with Crippen molar-refractivity contribution < 1.29 is 18.8 Å². The number of hydrogen-bond acceptors (Lipinski definition) is 4. The van der Waals surface area contributed by atoms with Crippen LogP contribution in [0.5, 0.6) is 0 Å². The molecule has 0 aromatic heterocycles. The van der Waals surface area contributed by atoms with Crippen LogP contribution in [0.2, 0.25) is 18.1 Å². The maximum absolute atomic E-state index is 12.2. The first kappa shape index (κ1) is 24.2. The first-order valence-electron chi connectivity index (χ1n) is 10.4. The fraction of sp³-hybridized carbons (Fsp3) is 0.905. The number of likely N-dealkylation sites (tertiary alicyclic amines) is 1. The maximum atomic E-state index is 12.2. The number of piperidine rings is 1. The van der Waals surface area contributed by atoms with E-state index in [1.54, 1.807) is 4.90 Å². The topological polar surface area (TPSA) is 55.8 Å². The Morgan fingerprint density at radius 1 is 1.11 bits per heavy atom. The Hall–Kier alpha value is -0.883. The summed E-state index contributed by atoms with van der Waals surface area (Å²) in [6.07, 6.45) is 4.08. The highest BCUT2D eigenvalue weighted by Gasteiger charge is 2.37. The van der Waals surface area contributed by atoms with Crippen molar-refractivity contribution >= 4 is 20.2 Å². The van der Waals surface area contributed by atoms with Gasteiger partial charge >= 0.3 is 6.09 Å². The molecule has 1 aliphatic rings. The number of Topliss-reactive ketones (excluding diaryl/α,β-unsaturated/α-hetero) is 1. The van der Waals surface area contributed by atoms with Gasteiger partial charge in [0.15, 0.2) is 8.32 Å². The van der Waals surface area contributed by atoms with E-state index in [-0.39, 0.29) is 22.8 Å². The van der Waals surface area contributed by atoms with Crippen molar-refractivity contribution in [1.29, 1.82) is 0 Å². The summed E-state index contributed by atoms with van der Waals surface area (Å²) in [5, 5.41) is 0.243. The molecule has 0 aromatic carbocycles. The lowest BCUT2D eigenvalue weighted by Crippen LogP contribution is -2.46. The first-order chi connectivity index (χ1) is 12.2. The van der Waals surface area contributed by atoms with Gasteiger partial charge < -0.3 is 14.1 Å². The summed E-state index contributed by atoms with van der Waals surface area (Å²) in [4.78, 5) is 26.1. The molecule has 1 atom stereocenters. The number of carbonyl (C=O) groups excluding carboxylic acids is 2. The van der Waals surface area contributed by atoms with Crippen LogP contribution in [0.4, 0.5) is 4.79 Å². The fourth-order valence-corrected chi connectivity index (χ4v) is 3.95. The number of ether oxygens (including phenoxy) is 1. The molecule has 0 saturated carbocycles. The van der Waals surface area contributed by atoms with Gasteiger partial charge in [-0.05, 0) is 51.7 Å². The fourth-order valence-electron chi connectivity index (χ4n) is 2.87. The third-order valence-electron chi connectivity index (χ3n) is 5.64. The Balaban J connectivity index is 2.33. The molecule has 0 radical (unpaired) electrons. The minimum atomic E-state index is -1.66. The standard InChI is InChI=1S/C21H41NO4Si/c1-20(2,3)26-19(24)22-14-13-18(23)17(16-22)12-10-9-11-15-25-27(7,8)21(4,5)6/h17H,9-16H2,1-8H3. The number of carbonyl (C=O) groups is 2. The van der Waals surface area contributed by atoms with Crippen molar-refractivity contribution in [1.82, 2.24) is 4.90 Å². The molecule has 1 amide bonds. The molecule has 1 rings (SSSR count). The van der Waals surface area contributed by atoms with E-state index in [0.717, 1.165) is 32.3 Å². The molecular formula is C21H41NO4Si. The van der Waals surface area contributed by atoms with E-state index in [2.05, 4.69) is 33.9 Å². The Bertz CT molecular complexity index is 505. The van der Waals surface area contributed by atoms with Crippen molar-refractivity contribution in [2.75, 3.05) is 19.7 Å². The minimum Gasteiger partial charge on any atom is -0.444 e. The lowest BCUT2D eigenvalue weighted by molar-refractivity contribution is -0.126. The second-order valence-electron chi connectivity index (χ2n) is 10.3. The molecule has 5 nitrogen and oxygen atoms in total. The zero-order chi connectivity index (χ0) is 20.9. The summed E-state index contributed by atoms with van der Waals surface area (Å²) in [5.41, 5.74) is -0.502. The van der Waals surface area contributed by atoms with E-state index >= 15 is 0 Å². The van der Waals surface area contributed by atoms with Crippen LogP contribution in [0, 0.1) is 5.92 Å². The molecule has 6 heteroatoms. The van der Waals surface area contributed by atoms with Crippen LogP contribution < -0.4 is 0 Å². The third-order valence-corrected chi connectivity index (χ3v) is 10.2. The highest BCUT2D eigenvalue weighted by atomic mass is 28.4. The predicted molar refractivity (Wildman–Crippen MR) is 113 cm³/mol. The van der Waals surface area contributed by atoms with Gasteiger partial charge in [-0.3, -0.25) is 4.79 Å². The lowest BCUT2D eigenvalue weighted by Gasteiger charge is -2.36. The average Bonchev–Trinajstić information content (AvgIpc) is 2.49. The number of nitrogens with zero attached hydrogens (tertiary/aromatic N) is 1. The molecule has 0 spiro atoms. The van der Waals surface area contributed by atoms with E-state index < -0.39 is 13.9 Å². The Morgan fingerprint density at radius 2 is 1.74 bits per heavy atom. The number of hydrogen-bond donors (Lipinski definition) is 0. The molecule has 0 bridgehead atoms. The summed E-state index contributed by atoms with van der Waals surface area (Å²) in [6.45, 7) is 18.7. The molecule has 0 aliphatic carbocycles. The van der Waals surface area contributed by atoms with Crippen molar-refractivity contribution in [3.63, 3.8) is 0 Å². The molecule has 0 N–H and O–H groups in total. The number of unbranched alkanes of at least 4 members (excludes halogenated alkanes) is 2.